The Morgan fingerprint density at radius 2 is 1.38 bits per heavy atom. The molecule has 1 aliphatic rings. The van der Waals surface area contributed by atoms with Crippen molar-refractivity contribution in [2.24, 2.45) is 5.92 Å². The van der Waals surface area contributed by atoms with Gasteiger partial charge in [0.15, 0.2) is 5.82 Å². The van der Waals surface area contributed by atoms with Gasteiger partial charge in [0.2, 0.25) is 5.91 Å². The fraction of sp³-hybridized carbons (Fsp3) is 0.130. The number of amides is 2. The summed E-state index contributed by atoms with van der Waals surface area (Å²) >= 11 is 30.5. The van der Waals surface area contributed by atoms with E-state index in [0.29, 0.717) is 11.3 Å². The summed E-state index contributed by atoms with van der Waals surface area (Å²) in [6.07, 6.45) is 0. The monoisotopic (exact) mass is 562 g/mol. The quantitative estimate of drug-likeness (QED) is 0.246. The van der Waals surface area contributed by atoms with Crippen LogP contribution in [0, 0.1) is 17.6 Å². The lowest BCUT2D eigenvalue weighted by molar-refractivity contribution is -0.117. The number of halogens is 7. The number of rotatable bonds is 5. The summed E-state index contributed by atoms with van der Waals surface area (Å²) in [7, 11) is 0. The first-order valence-electron chi connectivity index (χ1n) is 9.68. The first-order valence-corrected chi connectivity index (χ1v) is 11.6. The van der Waals surface area contributed by atoms with Crippen molar-refractivity contribution in [2.45, 2.75) is 10.3 Å². The summed E-state index contributed by atoms with van der Waals surface area (Å²) in [6.45, 7) is 0. The molecule has 0 radical (unpaired) electrons. The summed E-state index contributed by atoms with van der Waals surface area (Å²) < 4.78 is 25.4. The van der Waals surface area contributed by atoms with Crippen LogP contribution in [-0.2, 0) is 4.79 Å². The van der Waals surface area contributed by atoms with Gasteiger partial charge in [-0.1, -0.05) is 34.8 Å². The predicted octanol–water partition coefficient (Wildman–Crippen LogP) is 7.70. The molecule has 4 nitrogen and oxygen atoms in total. The molecule has 11 heteroatoms. The highest BCUT2D eigenvalue weighted by atomic mass is 35.5. The third-order valence-corrected chi connectivity index (χ3v) is 7.10. The zero-order valence-electron chi connectivity index (χ0n) is 16.8. The van der Waals surface area contributed by atoms with E-state index in [1.165, 1.54) is 54.6 Å². The fourth-order valence-electron chi connectivity index (χ4n) is 3.55. The first kappa shape index (κ1) is 25.0. The molecule has 1 fully saturated rings. The number of anilines is 2. The van der Waals surface area contributed by atoms with Gasteiger partial charge in [-0.2, -0.15) is 0 Å². The van der Waals surface area contributed by atoms with Crippen molar-refractivity contribution < 1.29 is 18.4 Å². The van der Waals surface area contributed by atoms with Crippen LogP contribution in [0.4, 0.5) is 20.2 Å². The molecule has 0 aliphatic heterocycles. The van der Waals surface area contributed by atoms with E-state index in [-0.39, 0.29) is 26.3 Å². The summed E-state index contributed by atoms with van der Waals surface area (Å²) in [5.41, 5.74) is 1.13. The maximum Gasteiger partial charge on any atom is 0.257 e. The molecule has 176 valence electrons. The second-order valence-corrected chi connectivity index (χ2v) is 10.2. The smallest absolute Gasteiger partial charge is 0.257 e. The molecule has 2 atom stereocenters. The van der Waals surface area contributed by atoms with Crippen molar-refractivity contribution in [1.82, 2.24) is 0 Å². The SMILES string of the molecule is O=C(Nc1ccc(F)cc1)c1cc(NC(=O)C2C(c3cc(Cl)c(F)c(Cl)c3)C2(Cl)Cl)ccc1Cl. The molecule has 0 bridgehead atoms. The first-order chi connectivity index (χ1) is 16.0. The van der Waals surface area contributed by atoms with Crippen molar-refractivity contribution >= 4 is 81.2 Å². The fourth-order valence-corrected chi connectivity index (χ4v) is 5.09. The summed E-state index contributed by atoms with van der Waals surface area (Å²) in [4.78, 5) is 25.5. The molecule has 0 aromatic heterocycles. The van der Waals surface area contributed by atoms with E-state index in [2.05, 4.69) is 10.6 Å². The van der Waals surface area contributed by atoms with Crippen molar-refractivity contribution in [2.75, 3.05) is 10.6 Å². The van der Waals surface area contributed by atoms with E-state index in [9.17, 15) is 18.4 Å². The summed E-state index contributed by atoms with van der Waals surface area (Å²) in [5, 5.41) is 4.96. The molecule has 1 saturated carbocycles. The lowest BCUT2D eigenvalue weighted by atomic mass is 10.1. The van der Waals surface area contributed by atoms with Gasteiger partial charge in [-0.25, -0.2) is 8.78 Å². The van der Waals surface area contributed by atoms with Crippen LogP contribution < -0.4 is 10.6 Å². The second-order valence-electron chi connectivity index (χ2n) is 7.57. The van der Waals surface area contributed by atoms with Crippen LogP contribution in [0.2, 0.25) is 15.1 Å². The number of benzene rings is 3. The van der Waals surface area contributed by atoms with Crippen molar-refractivity contribution in [3.8, 4) is 0 Å². The highest BCUT2D eigenvalue weighted by Crippen LogP contribution is 2.65. The van der Waals surface area contributed by atoms with E-state index in [0.717, 1.165) is 0 Å². The van der Waals surface area contributed by atoms with E-state index in [1.807, 2.05) is 0 Å². The molecule has 0 spiro atoms. The standard InChI is InChI=1S/C23H13Cl5F2N2O2/c24-15-6-5-13(9-14(15)21(33)31-12-3-1-11(29)2-4-12)32-22(34)19-18(23(19,27)28)10-7-16(25)20(30)17(26)8-10/h1-9,18-19H,(H,31,33)(H,32,34). The van der Waals surface area contributed by atoms with Gasteiger partial charge in [0.1, 0.15) is 10.2 Å². The van der Waals surface area contributed by atoms with Crippen LogP contribution in [0.25, 0.3) is 0 Å². The third kappa shape index (κ3) is 4.97. The Morgan fingerprint density at radius 3 is 2.00 bits per heavy atom. The minimum absolute atomic E-state index is 0.0799. The Bertz CT molecular complexity index is 1280. The van der Waals surface area contributed by atoms with Crippen LogP contribution in [0.15, 0.2) is 54.6 Å². The molecule has 2 unspecified atom stereocenters. The Hall–Kier alpha value is -2.09. The van der Waals surface area contributed by atoms with Gasteiger partial charge in [-0.15, -0.1) is 23.2 Å². The number of carbonyl (C=O) groups excluding carboxylic acids is 2. The second kappa shape index (κ2) is 9.51. The molecule has 1 aliphatic carbocycles. The van der Waals surface area contributed by atoms with E-state index < -0.39 is 39.6 Å². The van der Waals surface area contributed by atoms with Crippen LogP contribution >= 0.6 is 58.0 Å². The molecule has 2 amide bonds. The van der Waals surface area contributed by atoms with Crippen molar-refractivity contribution in [1.29, 1.82) is 0 Å². The zero-order chi connectivity index (χ0) is 24.8. The lowest BCUT2D eigenvalue weighted by Gasteiger charge is -2.10. The Morgan fingerprint density at radius 1 is 0.794 bits per heavy atom. The van der Waals surface area contributed by atoms with Crippen molar-refractivity contribution in [3.05, 3.63) is 92.4 Å². The summed E-state index contributed by atoms with van der Waals surface area (Å²) in [6, 6.07) is 12.2. The highest BCUT2D eigenvalue weighted by molar-refractivity contribution is 6.53. The number of carbonyl (C=O) groups is 2. The van der Waals surface area contributed by atoms with Gasteiger partial charge >= 0.3 is 0 Å². The molecule has 0 saturated heterocycles. The number of alkyl halides is 2. The molecule has 3 aromatic carbocycles. The van der Waals surface area contributed by atoms with Gasteiger partial charge in [0.25, 0.3) is 5.91 Å². The van der Waals surface area contributed by atoms with E-state index in [1.54, 1.807) is 0 Å². The van der Waals surface area contributed by atoms with Gasteiger partial charge < -0.3 is 10.6 Å². The van der Waals surface area contributed by atoms with Gasteiger partial charge in [0.05, 0.1) is 26.5 Å². The van der Waals surface area contributed by atoms with Crippen LogP contribution in [0.3, 0.4) is 0 Å². The maximum absolute atomic E-state index is 13.8. The Kier molecular flexibility index (Phi) is 7.00. The predicted molar refractivity (Wildman–Crippen MR) is 132 cm³/mol. The molecular weight excluding hydrogens is 552 g/mol. The number of hydrogen-bond donors (Lipinski definition) is 2. The van der Waals surface area contributed by atoms with E-state index in [4.69, 9.17) is 58.0 Å². The average Bonchev–Trinajstić information content (AvgIpc) is 3.36. The van der Waals surface area contributed by atoms with Crippen molar-refractivity contribution in [3.63, 3.8) is 0 Å². The normalized spacial score (nSPS) is 18.3. The Balaban J connectivity index is 1.51. The molecule has 3 aromatic rings. The average molecular weight is 565 g/mol. The van der Waals surface area contributed by atoms with Crippen LogP contribution in [0.5, 0.6) is 0 Å². The topological polar surface area (TPSA) is 58.2 Å². The van der Waals surface area contributed by atoms with Gasteiger partial charge in [0, 0.05) is 17.3 Å². The highest BCUT2D eigenvalue weighted by Gasteiger charge is 2.67. The maximum atomic E-state index is 13.8. The molecular formula is C23H13Cl5F2N2O2. The van der Waals surface area contributed by atoms with Gasteiger partial charge in [-0.3, -0.25) is 9.59 Å². The molecule has 0 heterocycles. The number of hydrogen-bond acceptors (Lipinski definition) is 2. The van der Waals surface area contributed by atoms with Gasteiger partial charge in [-0.05, 0) is 60.2 Å². The summed E-state index contributed by atoms with van der Waals surface area (Å²) in [5.74, 6) is -3.88. The van der Waals surface area contributed by atoms with Crippen LogP contribution in [0.1, 0.15) is 21.8 Å². The van der Waals surface area contributed by atoms with E-state index >= 15 is 0 Å². The lowest BCUT2D eigenvalue weighted by Crippen LogP contribution is -2.18. The molecule has 34 heavy (non-hydrogen) atoms. The third-order valence-electron chi connectivity index (χ3n) is 5.28. The minimum Gasteiger partial charge on any atom is -0.326 e. The molecule has 4 rings (SSSR count). The largest absolute Gasteiger partial charge is 0.326 e. The Labute approximate surface area is 218 Å². The number of nitrogens with one attached hydrogen (secondary N) is 2. The minimum atomic E-state index is -1.47. The van der Waals surface area contributed by atoms with Crippen LogP contribution in [-0.4, -0.2) is 16.1 Å². The zero-order valence-corrected chi connectivity index (χ0v) is 20.6. The molecule has 2 N–H and O–H groups in total.